The number of hydrogen-bond donors (Lipinski definition) is 0. The van der Waals surface area contributed by atoms with Crippen LogP contribution in [-0.4, -0.2) is 5.08 Å². The van der Waals surface area contributed by atoms with E-state index in [1.165, 1.54) is 32.0 Å². The molecule has 0 spiro atoms. The number of benzene rings is 2. The van der Waals surface area contributed by atoms with E-state index < -0.39 is 0 Å². The average molecular weight is 288 g/mol. The lowest BCUT2D eigenvalue weighted by atomic mass is 10.2. The molecule has 0 aliphatic rings. The van der Waals surface area contributed by atoms with E-state index in [-0.39, 0.29) is 0 Å². The first-order valence-electron chi connectivity index (χ1n) is 6.46. The Kier molecular flexibility index (Phi) is 5.00. The molecule has 0 aromatic heterocycles. The predicted molar refractivity (Wildman–Crippen MR) is 88.4 cm³/mol. The molecule has 0 heterocycles. The average Bonchev–Trinajstić information content (AvgIpc) is 2.34. The number of hydrogen-bond acceptors (Lipinski definition) is 2. The lowest BCUT2D eigenvalue weighted by Crippen LogP contribution is -1.84. The third-order valence-corrected chi connectivity index (χ3v) is 5.57. The SMILES string of the molecule is Cc1ccc(SCSc2ccc(C)cc2C)c(C)c1. The fourth-order valence-electron chi connectivity index (χ4n) is 2.08. The zero-order valence-electron chi connectivity index (χ0n) is 12.0. The fraction of sp³-hybridized carbons (Fsp3) is 0.294. The van der Waals surface area contributed by atoms with Crippen molar-refractivity contribution in [1.29, 1.82) is 0 Å². The molecule has 2 rings (SSSR count). The fourth-order valence-corrected chi connectivity index (χ4v) is 4.23. The molecule has 0 N–H and O–H groups in total. The van der Waals surface area contributed by atoms with E-state index in [1.54, 1.807) is 0 Å². The zero-order valence-corrected chi connectivity index (χ0v) is 13.6. The van der Waals surface area contributed by atoms with Crippen LogP contribution in [0.4, 0.5) is 0 Å². The molecule has 0 unspecified atom stereocenters. The highest BCUT2D eigenvalue weighted by molar-refractivity contribution is 8.16. The summed E-state index contributed by atoms with van der Waals surface area (Å²) in [6, 6.07) is 13.4. The van der Waals surface area contributed by atoms with Gasteiger partial charge in [0.2, 0.25) is 0 Å². The van der Waals surface area contributed by atoms with Crippen molar-refractivity contribution >= 4 is 23.5 Å². The summed E-state index contributed by atoms with van der Waals surface area (Å²) in [4.78, 5) is 2.78. The summed E-state index contributed by atoms with van der Waals surface area (Å²) in [5, 5.41) is 1.06. The van der Waals surface area contributed by atoms with Crippen LogP contribution in [0.25, 0.3) is 0 Å². The maximum absolute atomic E-state index is 2.25. The molecule has 0 radical (unpaired) electrons. The molecule has 2 aromatic rings. The Hall–Kier alpha value is -0.860. The summed E-state index contributed by atoms with van der Waals surface area (Å²) < 4.78 is 0. The van der Waals surface area contributed by atoms with Crippen molar-refractivity contribution in [3.05, 3.63) is 58.7 Å². The summed E-state index contributed by atoms with van der Waals surface area (Å²) in [6.07, 6.45) is 0. The van der Waals surface area contributed by atoms with Gasteiger partial charge in [-0.2, -0.15) is 0 Å². The molecule has 19 heavy (non-hydrogen) atoms. The van der Waals surface area contributed by atoms with E-state index in [0.29, 0.717) is 0 Å². The maximum Gasteiger partial charge on any atom is 0.0486 e. The van der Waals surface area contributed by atoms with Crippen molar-refractivity contribution in [1.82, 2.24) is 0 Å². The Morgan fingerprint density at radius 1 is 0.684 bits per heavy atom. The van der Waals surface area contributed by atoms with Crippen LogP contribution in [0.3, 0.4) is 0 Å². The summed E-state index contributed by atoms with van der Waals surface area (Å²) in [5.41, 5.74) is 5.44. The summed E-state index contributed by atoms with van der Waals surface area (Å²) in [7, 11) is 0. The first kappa shape index (κ1) is 14.5. The Balaban J connectivity index is 1.96. The van der Waals surface area contributed by atoms with Gasteiger partial charge in [-0.25, -0.2) is 0 Å². The van der Waals surface area contributed by atoms with Gasteiger partial charge in [-0.15, -0.1) is 23.5 Å². The minimum atomic E-state index is 1.06. The van der Waals surface area contributed by atoms with E-state index in [0.717, 1.165) is 5.08 Å². The van der Waals surface area contributed by atoms with E-state index in [4.69, 9.17) is 0 Å². The lowest BCUT2D eigenvalue weighted by Gasteiger charge is -2.08. The molecule has 0 aliphatic carbocycles. The molecular formula is C17H20S2. The largest absolute Gasteiger partial charge is 0.115 e. The topological polar surface area (TPSA) is 0 Å². The summed E-state index contributed by atoms with van der Waals surface area (Å²) >= 11 is 3.85. The van der Waals surface area contributed by atoms with Gasteiger partial charge in [0.05, 0.1) is 0 Å². The standard InChI is InChI=1S/C17H20S2/c1-12-5-7-16(14(3)9-12)18-11-19-17-8-6-13(2)10-15(17)4/h5-10H,11H2,1-4H3. The Morgan fingerprint density at radius 2 is 1.11 bits per heavy atom. The molecule has 0 amide bonds. The van der Waals surface area contributed by atoms with E-state index in [1.807, 2.05) is 23.5 Å². The quantitative estimate of drug-likeness (QED) is 0.518. The molecule has 0 atom stereocenters. The molecule has 2 aromatic carbocycles. The van der Waals surface area contributed by atoms with Crippen molar-refractivity contribution in [3.63, 3.8) is 0 Å². The highest BCUT2D eigenvalue weighted by Crippen LogP contribution is 2.31. The Labute approximate surface area is 125 Å². The van der Waals surface area contributed by atoms with Gasteiger partial charge in [0.1, 0.15) is 0 Å². The molecule has 0 nitrogen and oxygen atoms in total. The van der Waals surface area contributed by atoms with Gasteiger partial charge < -0.3 is 0 Å². The van der Waals surface area contributed by atoms with E-state index in [2.05, 4.69) is 64.1 Å². The van der Waals surface area contributed by atoms with Crippen LogP contribution < -0.4 is 0 Å². The molecule has 0 saturated carbocycles. The summed E-state index contributed by atoms with van der Waals surface area (Å²) in [5.74, 6) is 0. The second kappa shape index (κ2) is 6.53. The second-order valence-electron chi connectivity index (χ2n) is 4.94. The van der Waals surface area contributed by atoms with Crippen LogP contribution in [0.5, 0.6) is 0 Å². The van der Waals surface area contributed by atoms with Gasteiger partial charge in [-0.3, -0.25) is 0 Å². The first-order valence-corrected chi connectivity index (χ1v) is 8.43. The molecule has 0 bridgehead atoms. The van der Waals surface area contributed by atoms with Gasteiger partial charge in [0.15, 0.2) is 0 Å². The maximum atomic E-state index is 2.25. The highest BCUT2D eigenvalue weighted by Gasteiger charge is 2.02. The van der Waals surface area contributed by atoms with Crippen LogP contribution >= 0.6 is 23.5 Å². The highest BCUT2D eigenvalue weighted by atomic mass is 32.2. The van der Waals surface area contributed by atoms with Crippen molar-refractivity contribution in [2.75, 3.05) is 5.08 Å². The van der Waals surface area contributed by atoms with Gasteiger partial charge in [-0.1, -0.05) is 35.4 Å². The van der Waals surface area contributed by atoms with Gasteiger partial charge in [0, 0.05) is 14.9 Å². The van der Waals surface area contributed by atoms with Gasteiger partial charge in [-0.05, 0) is 51.0 Å². The molecular weight excluding hydrogens is 268 g/mol. The number of thioether (sulfide) groups is 2. The normalized spacial score (nSPS) is 10.7. The zero-order chi connectivity index (χ0) is 13.8. The molecule has 0 aliphatic heterocycles. The molecule has 0 saturated heterocycles. The van der Waals surface area contributed by atoms with Crippen molar-refractivity contribution < 1.29 is 0 Å². The van der Waals surface area contributed by atoms with Gasteiger partial charge >= 0.3 is 0 Å². The van der Waals surface area contributed by atoms with Crippen LogP contribution in [0.15, 0.2) is 46.2 Å². The minimum Gasteiger partial charge on any atom is -0.115 e. The predicted octanol–water partition coefficient (Wildman–Crippen LogP) is 5.76. The Morgan fingerprint density at radius 3 is 1.47 bits per heavy atom. The second-order valence-corrected chi connectivity index (χ2v) is 7.34. The van der Waals surface area contributed by atoms with Crippen molar-refractivity contribution in [2.24, 2.45) is 0 Å². The molecule has 0 fully saturated rings. The molecule has 2 heteroatoms. The monoisotopic (exact) mass is 288 g/mol. The third kappa shape index (κ3) is 4.05. The van der Waals surface area contributed by atoms with E-state index in [9.17, 15) is 0 Å². The van der Waals surface area contributed by atoms with E-state index >= 15 is 0 Å². The van der Waals surface area contributed by atoms with Crippen LogP contribution in [0.2, 0.25) is 0 Å². The first-order chi connectivity index (χ1) is 9.06. The van der Waals surface area contributed by atoms with Crippen LogP contribution in [0.1, 0.15) is 22.3 Å². The van der Waals surface area contributed by atoms with Crippen molar-refractivity contribution in [3.8, 4) is 0 Å². The minimum absolute atomic E-state index is 1.06. The van der Waals surface area contributed by atoms with Crippen LogP contribution in [-0.2, 0) is 0 Å². The smallest absolute Gasteiger partial charge is 0.0486 e. The Bertz CT molecular complexity index is 522. The number of aryl methyl sites for hydroxylation is 4. The van der Waals surface area contributed by atoms with Crippen molar-refractivity contribution in [2.45, 2.75) is 37.5 Å². The van der Waals surface area contributed by atoms with Gasteiger partial charge in [0.25, 0.3) is 0 Å². The third-order valence-electron chi connectivity index (χ3n) is 3.09. The number of rotatable bonds is 4. The lowest BCUT2D eigenvalue weighted by molar-refractivity contribution is 1.26. The summed E-state index contributed by atoms with van der Waals surface area (Å²) in [6.45, 7) is 8.67. The van der Waals surface area contributed by atoms with Crippen LogP contribution in [0, 0.1) is 27.7 Å². The molecule has 100 valence electrons.